The molecule has 0 aliphatic rings. The van der Waals surface area contributed by atoms with Crippen LogP contribution in [0, 0.1) is 11.3 Å². The van der Waals surface area contributed by atoms with E-state index in [1.54, 1.807) is 0 Å². The number of esters is 1. The molecule has 0 radical (unpaired) electrons. The highest BCUT2D eigenvalue weighted by molar-refractivity contribution is 5.88. The Kier molecular flexibility index (Phi) is 3.67. The highest BCUT2D eigenvalue weighted by Crippen LogP contribution is 1.99. The number of rotatable bonds is 3. The van der Waals surface area contributed by atoms with Gasteiger partial charge in [0, 0.05) is 6.21 Å². The maximum Gasteiger partial charge on any atom is 0.314 e. The van der Waals surface area contributed by atoms with Crippen LogP contribution in [0.1, 0.15) is 13.3 Å². The fraction of sp³-hybridized carbons (Fsp3) is 0.667. The molecule has 0 heterocycles. The van der Waals surface area contributed by atoms with Crippen LogP contribution in [0.3, 0.4) is 0 Å². The lowest BCUT2D eigenvalue weighted by Gasteiger charge is -2.03. The van der Waals surface area contributed by atoms with Gasteiger partial charge in [0.15, 0.2) is 0 Å². The summed E-state index contributed by atoms with van der Waals surface area (Å²) in [4.78, 5) is 10.6. The Balaban J connectivity index is 3.78. The minimum atomic E-state index is -0.352. The molecule has 0 aliphatic heterocycles. The van der Waals surface area contributed by atoms with E-state index in [4.69, 9.17) is 5.41 Å². The Hall–Kier alpha value is -0.860. The van der Waals surface area contributed by atoms with Crippen LogP contribution in [-0.2, 0) is 9.53 Å². The van der Waals surface area contributed by atoms with Crippen molar-refractivity contribution in [3.63, 3.8) is 0 Å². The first-order valence-electron chi connectivity index (χ1n) is 2.84. The standard InChI is InChI=1S/C6H11NO2/c1-3-5(4-7)6(8)9-2/h4-5,7H,3H2,1-2H3/t5-/m0/s1. The van der Waals surface area contributed by atoms with Crippen molar-refractivity contribution >= 4 is 12.2 Å². The molecule has 1 atom stereocenters. The molecule has 52 valence electrons. The minimum Gasteiger partial charge on any atom is -0.469 e. The molecule has 0 rings (SSSR count). The smallest absolute Gasteiger partial charge is 0.314 e. The minimum absolute atomic E-state index is 0.326. The third kappa shape index (κ3) is 2.26. The fourth-order valence-corrected chi connectivity index (χ4v) is 0.504. The Labute approximate surface area is 54.5 Å². The normalized spacial score (nSPS) is 12.2. The molecule has 0 saturated heterocycles. The van der Waals surface area contributed by atoms with Crippen LogP contribution >= 0.6 is 0 Å². The van der Waals surface area contributed by atoms with Gasteiger partial charge in [-0.15, -0.1) is 0 Å². The number of nitrogens with one attached hydrogen (secondary N) is 1. The van der Waals surface area contributed by atoms with Gasteiger partial charge in [-0.1, -0.05) is 6.92 Å². The van der Waals surface area contributed by atoms with Crippen LogP contribution < -0.4 is 0 Å². The number of hydrogen-bond acceptors (Lipinski definition) is 3. The van der Waals surface area contributed by atoms with Crippen molar-refractivity contribution in [1.82, 2.24) is 0 Å². The molecule has 1 N–H and O–H groups in total. The van der Waals surface area contributed by atoms with Gasteiger partial charge in [-0.05, 0) is 6.42 Å². The van der Waals surface area contributed by atoms with Crippen LogP contribution in [-0.4, -0.2) is 19.3 Å². The van der Waals surface area contributed by atoms with Crippen LogP contribution in [0.15, 0.2) is 0 Å². The summed E-state index contributed by atoms with van der Waals surface area (Å²) in [7, 11) is 1.33. The van der Waals surface area contributed by atoms with E-state index in [1.807, 2.05) is 6.92 Å². The van der Waals surface area contributed by atoms with Gasteiger partial charge in [0.25, 0.3) is 0 Å². The number of carbonyl (C=O) groups excluding carboxylic acids is 1. The van der Waals surface area contributed by atoms with E-state index in [2.05, 4.69) is 4.74 Å². The summed E-state index contributed by atoms with van der Waals surface area (Å²) in [5.74, 6) is -0.678. The summed E-state index contributed by atoms with van der Waals surface area (Å²) in [6, 6.07) is 0. The zero-order valence-corrected chi connectivity index (χ0v) is 5.68. The SMILES string of the molecule is CC[C@@H](C=N)C(=O)OC. The number of methoxy groups -OCH3 is 1. The van der Waals surface area contributed by atoms with Crippen molar-refractivity contribution < 1.29 is 9.53 Å². The first kappa shape index (κ1) is 8.14. The van der Waals surface area contributed by atoms with Crippen molar-refractivity contribution in [2.45, 2.75) is 13.3 Å². The van der Waals surface area contributed by atoms with E-state index in [0.29, 0.717) is 6.42 Å². The average molecular weight is 129 g/mol. The molecule has 0 aromatic heterocycles. The second kappa shape index (κ2) is 4.06. The third-order valence-electron chi connectivity index (χ3n) is 1.14. The molecule has 0 bridgehead atoms. The average Bonchev–Trinajstić information content (AvgIpc) is 1.90. The Morgan fingerprint density at radius 1 is 1.89 bits per heavy atom. The molecule has 0 amide bonds. The second-order valence-corrected chi connectivity index (χ2v) is 1.70. The van der Waals surface area contributed by atoms with E-state index in [1.165, 1.54) is 7.11 Å². The van der Waals surface area contributed by atoms with Gasteiger partial charge in [0.2, 0.25) is 0 Å². The van der Waals surface area contributed by atoms with Crippen LogP contribution in [0.25, 0.3) is 0 Å². The summed E-state index contributed by atoms with van der Waals surface area (Å²) >= 11 is 0. The van der Waals surface area contributed by atoms with Crippen molar-refractivity contribution in [1.29, 1.82) is 5.41 Å². The summed E-state index contributed by atoms with van der Waals surface area (Å²) in [6.07, 6.45) is 1.74. The zero-order valence-electron chi connectivity index (χ0n) is 5.68. The van der Waals surface area contributed by atoms with Crippen molar-refractivity contribution in [2.75, 3.05) is 7.11 Å². The van der Waals surface area contributed by atoms with E-state index in [0.717, 1.165) is 6.21 Å². The van der Waals surface area contributed by atoms with Gasteiger partial charge in [-0.3, -0.25) is 4.79 Å². The molecule has 3 nitrogen and oxygen atoms in total. The van der Waals surface area contributed by atoms with Crippen molar-refractivity contribution in [3.8, 4) is 0 Å². The van der Waals surface area contributed by atoms with Crippen molar-refractivity contribution in [2.24, 2.45) is 5.92 Å². The van der Waals surface area contributed by atoms with E-state index in [9.17, 15) is 4.79 Å². The molecule has 0 spiro atoms. The summed E-state index contributed by atoms with van der Waals surface area (Å²) in [5, 5.41) is 6.77. The largest absolute Gasteiger partial charge is 0.469 e. The predicted octanol–water partition coefficient (Wildman–Crippen LogP) is 0.835. The molecule has 9 heavy (non-hydrogen) atoms. The van der Waals surface area contributed by atoms with E-state index in [-0.39, 0.29) is 11.9 Å². The quantitative estimate of drug-likeness (QED) is 0.453. The summed E-state index contributed by atoms with van der Waals surface area (Å²) < 4.78 is 4.40. The molecule has 0 fully saturated rings. The molecular weight excluding hydrogens is 118 g/mol. The van der Waals surface area contributed by atoms with Gasteiger partial charge >= 0.3 is 5.97 Å². The molecule has 0 aromatic rings. The summed E-state index contributed by atoms with van der Waals surface area (Å²) in [6.45, 7) is 1.84. The fourth-order valence-electron chi connectivity index (χ4n) is 0.504. The van der Waals surface area contributed by atoms with Gasteiger partial charge in [-0.25, -0.2) is 0 Å². The van der Waals surface area contributed by atoms with Gasteiger partial charge in [-0.2, -0.15) is 0 Å². The highest BCUT2D eigenvalue weighted by Gasteiger charge is 2.12. The molecule has 3 heteroatoms. The Morgan fingerprint density at radius 3 is 2.56 bits per heavy atom. The molecule has 0 saturated carbocycles. The van der Waals surface area contributed by atoms with Crippen LogP contribution in [0.5, 0.6) is 0 Å². The molecule has 0 aromatic carbocycles. The zero-order chi connectivity index (χ0) is 7.28. The van der Waals surface area contributed by atoms with E-state index >= 15 is 0 Å². The van der Waals surface area contributed by atoms with Gasteiger partial charge < -0.3 is 10.1 Å². The Morgan fingerprint density at radius 2 is 2.44 bits per heavy atom. The lowest BCUT2D eigenvalue weighted by Crippen LogP contribution is -2.15. The van der Waals surface area contributed by atoms with Gasteiger partial charge in [0.1, 0.15) is 0 Å². The molecule has 0 aliphatic carbocycles. The molecular formula is C6H11NO2. The number of ether oxygens (including phenoxy) is 1. The van der Waals surface area contributed by atoms with Crippen molar-refractivity contribution in [3.05, 3.63) is 0 Å². The lowest BCUT2D eigenvalue weighted by molar-refractivity contribution is -0.142. The lowest BCUT2D eigenvalue weighted by atomic mass is 10.1. The Bertz CT molecular complexity index is 112. The molecule has 0 unspecified atom stereocenters. The third-order valence-corrected chi connectivity index (χ3v) is 1.14. The number of carbonyl (C=O) groups is 1. The van der Waals surface area contributed by atoms with Crippen LogP contribution in [0.4, 0.5) is 0 Å². The van der Waals surface area contributed by atoms with E-state index < -0.39 is 0 Å². The van der Waals surface area contributed by atoms with Crippen LogP contribution in [0.2, 0.25) is 0 Å². The predicted molar refractivity (Wildman–Crippen MR) is 34.6 cm³/mol. The first-order chi connectivity index (χ1) is 4.26. The van der Waals surface area contributed by atoms with Gasteiger partial charge in [0.05, 0.1) is 13.0 Å². The second-order valence-electron chi connectivity index (χ2n) is 1.70. The topological polar surface area (TPSA) is 50.2 Å². The first-order valence-corrected chi connectivity index (χ1v) is 2.84. The maximum atomic E-state index is 10.6. The summed E-state index contributed by atoms with van der Waals surface area (Å²) in [5.41, 5.74) is 0. The number of hydrogen-bond donors (Lipinski definition) is 1. The highest BCUT2D eigenvalue weighted by atomic mass is 16.5. The monoisotopic (exact) mass is 129 g/mol. The maximum absolute atomic E-state index is 10.6.